The smallest absolute Gasteiger partial charge is 0.253 e. The normalized spacial score (nSPS) is 10.0. The summed E-state index contributed by atoms with van der Waals surface area (Å²) in [5.74, 6) is -0.621. The number of carbonyl (C=O) groups excluding carboxylic acids is 1. The summed E-state index contributed by atoms with van der Waals surface area (Å²) in [6.07, 6.45) is 0.476. The lowest BCUT2D eigenvalue weighted by atomic mass is 10.2. The van der Waals surface area contributed by atoms with E-state index < -0.39 is 5.82 Å². The first kappa shape index (κ1) is 13.6. The van der Waals surface area contributed by atoms with Crippen molar-refractivity contribution >= 4 is 23.1 Å². The lowest BCUT2D eigenvalue weighted by molar-refractivity contribution is 0.0768. The Balaban J connectivity index is 2.75. The summed E-state index contributed by atoms with van der Waals surface area (Å²) < 4.78 is 13.0. The van der Waals surface area contributed by atoms with Crippen molar-refractivity contribution in [3.8, 4) is 0 Å². The molecule has 17 heavy (non-hydrogen) atoms. The van der Waals surface area contributed by atoms with Gasteiger partial charge in [0.05, 0.1) is 4.99 Å². The highest BCUT2D eigenvalue weighted by Gasteiger charge is 2.14. The number of halogens is 1. The van der Waals surface area contributed by atoms with E-state index in [1.165, 1.54) is 18.2 Å². The molecule has 0 saturated carbocycles. The van der Waals surface area contributed by atoms with E-state index in [-0.39, 0.29) is 5.91 Å². The van der Waals surface area contributed by atoms with Crippen molar-refractivity contribution < 1.29 is 9.18 Å². The first-order valence-corrected chi connectivity index (χ1v) is 5.78. The van der Waals surface area contributed by atoms with Gasteiger partial charge in [-0.15, -0.1) is 0 Å². The van der Waals surface area contributed by atoms with Gasteiger partial charge in [0, 0.05) is 25.1 Å². The number of nitrogens with two attached hydrogens (primary N) is 1. The summed E-state index contributed by atoms with van der Waals surface area (Å²) in [6, 6.07) is 5.65. The minimum atomic E-state index is -0.416. The van der Waals surface area contributed by atoms with E-state index in [2.05, 4.69) is 0 Å². The Morgan fingerprint density at radius 1 is 1.53 bits per heavy atom. The molecule has 5 heteroatoms. The molecule has 1 aromatic carbocycles. The molecule has 2 N–H and O–H groups in total. The first-order chi connectivity index (χ1) is 8.04. The summed E-state index contributed by atoms with van der Waals surface area (Å²) in [4.78, 5) is 14.0. The lowest BCUT2D eigenvalue weighted by Gasteiger charge is -2.20. The van der Waals surface area contributed by atoms with Gasteiger partial charge in [0.15, 0.2) is 0 Å². The summed E-state index contributed by atoms with van der Waals surface area (Å²) in [7, 11) is 0. The maximum Gasteiger partial charge on any atom is 0.253 e. The zero-order chi connectivity index (χ0) is 12.8. The van der Waals surface area contributed by atoms with E-state index >= 15 is 0 Å². The number of hydrogen-bond donors (Lipinski definition) is 1. The molecular formula is C12H15FN2OS. The number of amides is 1. The van der Waals surface area contributed by atoms with Crippen LogP contribution in [0.5, 0.6) is 0 Å². The summed E-state index contributed by atoms with van der Waals surface area (Å²) in [5, 5.41) is 0. The van der Waals surface area contributed by atoms with Crippen molar-refractivity contribution in [3.05, 3.63) is 35.6 Å². The third-order valence-corrected chi connectivity index (χ3v) is 2.57. The van der Waals surface area contributed by atoms with Crippen LogP contribution in [0.4, 0.5) is 4.39 Å². The highest BCUT2D eigenvalue weighted by Crippen LogP contribution is 2.08. The molecule has 0 saturated heterocycles. The quantitative estimate of drug-likeness (QED) is 0.817. The van der Waals surface area contributed by atoms with E-state index in [4.69, 9.17) is 18.0 Å². The van der Waals surface area contributed by atoms with E-state index in [0.717, 1.165) is 0 Å². The van der Waals surface area contributed by atoms with Crippen LogP contribution in [0, 0.1) is 5.82 Å². The summed E-state index contributed by atoms with van der Waals surface area (Å²) in [5.41, 5.74) is 5.73. The maximum atomic E-state index is 13.0. The van der Waals surface area contributed by atoms with Crippen LogP contribution in [-0.2, 0) is 0 Å². The van der Waals surface area contributed by atoms with E-state index in [9.17, 15) is 9.18 Å². The minimum Gasteiger partial charge on any atom is -0.393 e. The van der Waals surface area contributed by atoms with Gasteiger partial charge in [-0.2, -0.15) is 0 Å². The molecular weight excluding hydrogens is 239 g/mol. The zero-order valence-electron chi connectivity index (χ0n) is 9.65. The lowest BCUT2D eigenvalue weighted by Crippen LogP contribution is -2.33. The van der Waals surface area contributed by atoms with Gasteiger partial charge in [0.2, 0.25) is 0 Å². The van der Waals surface area contributed by atoms with Crippen LogP contribution in [0.3, 0.4) is 0 Å². The van der Waals surface area contributed by atoms with Crippen molar-refractivity contribution in [2.45, 2.75) is 13.3 Å². The fourth-order valence-corrected chi connectivity index (χ4v) is 1.54. The third-order valence-electron chi connectivity index (χ3n) is 2.37. The predicted octanol–water partition coefficient (Wildman–Crippen LogP) is 1.96. The number of benzene rings is 1. The zero-order valence-corrected chi connectivity index (χ0v) is 10.5. The van der Waals surface area contributed by atoms with Gasteiger partial charge in [0.1, 0.15) is 5.82 Å². The molecule has 0 spiro atoms. The van der Waals surface area contributed by atoms with E-state index in [1.807, 2.05) is 6.92 Å². The standard InChI is InChI=1S/C12H15FN2OS/c1-2-15(7-6-11(14)17)12(16)9-4-3-5-10(13)8-9/h3-5,8H,2,6-7H2,1H3,(H2,14,17). The second-order valence-corrected chi connectivity index (χ2v) is 4.14. The molecule has 92 valence electrons. The maximum absolute atomic E-state index is 13.0. The fraction of sp³-hybridized carbons (Fsp3) is 0.333. The molecule has 0 radical (unpaired) electrons. The monoisotopic (exact) mass is 254 g/mol. The van der Waals surface area contributed by atoms with Gasteiger partial charge in [-0.1, -0.05) is 18.3 Å². The van der Waals surface area contributed by atoms with Crippen LogP contribution in [0.15, 0.2) is 24.3 Å². The molecule has 0 aliphatic carbocycles. The van der Waals surface area contributed by atoms with Crippen LogP contribution < -0.4 is 5.73 Å². The van der Waals surface area contributed by atoms with Gasteiger partial charge < -0.3 is 10.6 Å². The molecule has 0 heterocycles. The topological polar surface area (TPSA) is 46.3 Å². The van der Waals surface area contributed by atoms with E-state index in [1.54, 1.807) is 11.0 Å². The molecule has 0 aliphatic rings. The van der Waals surface area contributed by atoms with Gasteiger partial charge in [-0.25, -0.2) is 4.39 Å². The predicted molar refractivity (Wildman–Crippen MR) is 69.4 cm³/mol. The molecule has 1 aromatic rings. The minimum absolute atomic E-state index is 0.205. The Bertz CT molecular complexity index is 423. The molecule has 0 bridgehead atoms. The molecule has 0 fully saturated rings. The van der Waals surface area contributed by atoms with Crippen LogP contribution in [0.1, 0.15) is 23.7 Å². The highest BCUT2D eigenvalue weighted by atomic mass is 32.1. The SMILES string of the molecule is CCN(CCC(N)=S)C(=O)c1cccc(F)c1. The average Bonchev–Trinajstić information content (AvgIpc) is 2.29. The molecule has 0 unspecified atom stereocenters. The van der Waals surface area contributed by atoms with Gasteiger partial charge in [-0.3, -0.25) is 4.79 Å². The second kappa shape index (κ2) is 6.30. The second-order valence-electron chi connectivity index (χ2n) is 3.61. The Kier molecular flexibility index (Phi) is 5.03. The number of hydrogen-bond acceptors (Lipinski definition) is 2. The largest absolute Gasteiger partial charge is 0.393 e. The van der Waals surface area contributed by atoms with Gasteiger partial charge in [-0.05, 0) is 25.1 Å². The number of rotatable bonds is 5. The van der Waals surface area contributed by atoms with Crippen molar-refractivity contribution in [2.75, 3.05) is 13.1 Å². The Hall–Kier alpha value is -1.49. The van der Waals surface area contributed by atoms with Crippen LogP contribution in [-0.4, -0.2) is 28.9 Å². The highest BCUT2D eigenvalue weighted by molar-refractivity contribution is 7.80. The van der Waals surface area contributed by atoms with Crippen molar-refractivity contribution in [1.29, 1.82) is 0 Å². The molecule has 0 aromatic heterocycles. The number of thiocarbonyl (C=S) groups is 1. The van der Waals surface area contributed by atoms with E-state index in [0.29, 0.717) is 30.1 Å². The number of carbonyl (C=O) groups is 1. The third kappa shape index (κ3) is 4.11. The van der Waals surface area contributed by atoms with Gasteiger partial charge >= 0.3 is 0 Å². The van der Waals surface area contributed by atoms with Crippen LogP contribution in [0.2, 0.25) is 0 Å². The summed E-state index contributed by atoms with van der Waals surface area (Å²) >= 11 is 4.77. The average molecular weight is 254 g/mol. The Morgan fingerprint density at radius 2 is 2.24 bits per heavy atom. The number of nitrogens with zero attached hydrogens (tertiary/aromatic N) is 1. The molecule has 0 atom stereocenters. The molecule has 1 rings (SSSR count). The Morgan fingerprint density at radius 3 is 2.76 bits per heavy atom. The van der Waals surface area contributed by atoms with Crippen LogP contribution in [0.25, 0.3) is 0 Å². The van der Waals surface area contributed by atoms with Crippen molar-refractivity contribution in [2.24, 2.45) is 5.73 Å². The van der Waals surface area contributed by atoms with Crippen LogP contribution >= 0.6 is 12.2 Å². The molecule has 0 aliphatic heterocycles. The molecule has 3 nitrogen and oxygen atoms in total. The molecule has 1 amide bonds. The van der Waals surface area contributed by atoms with Crippen molar-refractivity contribution in [1.82, 2.24) is 4.90 Å². The van der Waals surface area contributed by atoms with Crippen molar-refractivity contribution in [3.63, 3.8) is 0 Å². The Labute approximate surface area is 105 Å². The van der Waals surface area contributed by atoms with Gasteiger partial charge in [0.25, 0.3) is 5.91 Å². The fourth-order valence-electron chi connectivity index (χ4n) is 1.45. The first-order valence-electron chi connectivity index (χ1n) is 5.37. The summed E-state index contributed by atoms with van der Waals surface area (Å²) in [6.45, 7) is 2.86.